The second-order valence-electron chi connectivity index (χ2n) is 12.5. The van der Waals surface area contributed by atoms with Crippen LogP contribution >= 0.6 is 0 Å². The lowest BCUT2D eigenvalue weighted by atomic mass is 9.59. The topological polar surface area (TPSA) is 136 Å². The van der Waals surface area contributed by atoms with E-state index in [9.17, 15) is 29.4 Å². The van der Waals surface area contributed by atoms with E-state index in [1.807, 2.05) is 13.8 Å². The lowest BCUT2D eigenvalue weighted by Crippen LogP contribution is -2.66. The molecule has 2 fully saturated rings. The van der Waals surface area contributed by atoms with Crippen molar-refractivity contribution in [1.29, 1.82) is 0 Å². The van der Waals surface area contributed by atoms with Crippen molar-refractivity contribution in [2.75, 3.05) is 13.2 Å². The summed E-state index contributed by atoms with van der Waals surface area (Å²) in [6.45, 7) is 13.3. The predicted octanol–water partition coefficient (Wildman–Crippen LogP) is 3.39. The Hall–Kier alpha value is -3.04. The molecule has 0 unspecified atom stereocenters. The highest BCUT2D eigenvalue weighted by Gasteiger charge is 2.77. The predicted molar refractivity (Wildman–Crippen MR) is 149 cm³/mol. The van der Waals surface area contributed by atoms with Gasteiger partial charge in [0.15, 0.2) is 17.5 Å². The summed E-state index contributed by atoms with van der Waals surface area (Å²) in [5, 5.41) is 24.5. The Balaban J connectivity index is 1.82. The standard InChI is InChI=1S/C32H42O9/c1-9-16(3)28(36)40-15-30(8)23-11-19(6)31-13-18(5)27(41-29(37)17(4)10-2)32(31,38)25(34)21(14-39-20(7)33)12-22(24(23)30)26(31)35/h9-10,12-13,19,22-25,27,34,38H,11,14-15H2,1-8H3/b16-9-,17-10-/t19-,22+,23-,24+,25-,27+,30-,31+,32+/m1/s1. The molecule has 41 heavy (non-hydrogen) atoms. The highest BCUT2D eigenvalue weighted by molar-refractivity contribution is 5.96. The van der Waals surface area contributed by atoms with Gasteiger partial charge in [-0.2, -0.15) is 0 Å². The van der Waals surface area contributed by atoms with Crippen LogP contribution in [-0.2, 0) is 33.4 Å². The molecular weight excluding hydrogens is 528 g/mol. The summed E-state index contributed by atoms with van der Waals surface area (Å²) in [6, 6.07) is 0. The number of hydrogen-bond donors (Lipinski definition) is 2. The Morgan fingerprint density at radius 2 is 1.68 bits per heavy atom. The third kappa shape index (κ3) is 4.52. The molecule has 2 bridgehead atoms. The Labute approximate surface area is 241 Å². The molecule has 0 radical (unpaired) electrons. The number of carbonyl (C=O) groups is 4. The summed E-state index contributed by atoms with van der Waals surface area (Å²) in [7, 11) is 0. The zero-order chi connectivity index (χ0) is 30.7. The van der Waals surface area contributed by atoms with Gasteiger partial charge in [0.25, 0.3) is 0 Å². The summed E-state index contributed by atoms with van der Waals surface area (Å²) in [4.78, 5) is 51.9. The Bertz CT molecular complexity index is 1290. The zero-order valence-electron chi connectivity index (χ0n) is 25.1. The fourth-order valence-electron chi connectivity index (χ4n) is 7.57. The Morgan fingerprint density at radius 3 is 2.27 bits per heavy atom. The molecule has 9 heteroatoms. The first kappa shape index (κ1) is 30.9. The average Bonchev–Trinajstić information content (AvgIpc) is 3.46. The first-order chi connectivity index (χ1) is 19.1. The maximum absolute atomic E-state index is 14.7. The fourth-order valence-corrected chi connectivity index (χ4v) is 7.57. The van der Waals surface area contributed by atoms with Crippen LogP contribution in [0.5, 0.6) is 0 Å². The largest absolute Gasteiger partial charge is 0.462 e. The summed E-state index contributed by atoms with van der Waals surface area (Å²) in [5.74, 6) is -3.45. The van der Waals surface area contributed by atoms with Crippen LogP contribution in [0.25, 0.3) is 0 Å². The van der Waals surface area contributed by atoms with E-state index in [4.69, 9.17) is 14.2 Å². The molecule has 0 heterocycles. The van der Waals surface area contributed by atoms with E-state index in [2.05, 4.69) is 0 Å². The lowest BCUT2D eigenvalue weighted by molar-refractivity contribution is -0.202. The van der Waals surface area contributed by atoms with Gasteiger partial charge in [0.2, 0.25) is 0 Å². The number of aliphatic hydroxyl groups excluding tert-OH is 1. The van der Waals surface area contributed by atoms with E-state index in [0.717, 1.165) is 0 Å². The lowest BCUT2D eigenvalue weighted by Gasteiger charge is -2.48. The van der Waals surface area contributed by atoms with Crippen LogP contribution in [0.15, 0.2) is 46.6 Å². The maximum atomic E-state index is 14.7. The van der Waals surface area contributed by atoms with E-state index in [0.29, 0.717) is 23.1 Å². The number of carbonyl (C=O) groups excluding carboxylic acids is 4. The van der Waals surface area contributed by atoms with Crippen LogP contribution < -0.4 is 0 Å². The minimum absolute atomic E-state index is 0.0177. The second-order valence-corrected chi connectivity index (χ2v) is 12.5. The van der Waals surface area contributed by atoms with Gasteiger partial charge in [-0.1, -0.05) is 38.2 Å². The molecule has 0 amide bonds. The van der Waals surface area contributed by atoms with Crippen molar-refractivity contribution < 1.29 is 43.6 Å². The van der Waals surface area contributed by atoms with Crippen LogP contribution in [0.4, 0.5) is 0 Å². The number of aliphatic hydroxyl groups is 2. The van der Waals surface area contributed by atoms with E-state index >= 15 is 0 Å². The average molecular weight is 571 g/mol. The zero-order valence-corrected chi connectivity index (χ0v) is 25.1. The van der Waals surface area contributed by atoms with Crippen molar-refractivity contribution in [2.24, 2.45) is 34.5 Å². The first-order valence-corrected chi connectivity index (χ1v) is 14.2. The maximum Gasteiger partial charge on any atom is 0.334 e. The monoisotopic (exact) mass is 570 g/mol. The highest BCUT2D eigenvalue weighted by atomic mass is 16.6. The van der Waals surface area contributed by atoms with Gasteiger partial charge >= 0.3 is 17.9 Å². The van der Waals surface area contributed by atoms with E-state index < -0.39 is 58.4 Å². The number of hydrogen-bond acceptors (Lipinski definition) is 9. The SMILES string of the molecule is C/C=C(/C)C(=O)OC[C@@]1(C)[C@H]2[C@@H]3C=C(COC(C)=O)[C@@H](O)[C@]4(O)[C@@H](OC(=O)/C(C)=C\C)C(C)=C[C@@]4(C3=O)[C@H](C)C[C@H]21. The van der Waals surface area contributed by atoms with Crippen molar-refractivity contribution in [1.82, 2.24) is 0 Å². The van der Waals surface area contributed by atoms with Gasteiger partial charge in [-0.15, -0.1) is 0 Å². The molecule has 4 aliphatic carbocycles. The van der Waals surface area contributed by atoms with Crippen molar-refractivity contribution >= 4 is 23.7 Å². The van der Waals surface area contributed by atoms with Crippen LogP contribution in [0.3, 0.4) is 0 Å². The van der Waals surface area contributed by atoms with E-state index in [-0.39, 0.29) is 36.4 Å². The van der Waals surface area contributed by atoms with Gasteiger partial charge in [0, 0.05) is 29.4 Å². The number of ketones is 1. The molecule has 0 saturated heterocycles. The Kier molecular flexibility index (Phi) is 8.04. The van der Waals surface area contributed by atoms with E-state index in [1.54, 1.807) is 58.9 Å². The number of ether oxygens (including phenoxy) is 3. The number of Topliss-reactive ketones (excluding diaryl/α,β-unsaturated/α-hetero) is 1. The molecule has 9 atom stereocenters. The molecule has 2 saturated carbocycles. The molecule has 1 spiro atoms. The molecule has 4 rings (SSSR count). The number of allylic oxidation sites excluding steroid dienone is 3. The third-order valence-electron chi connectivity index (χ3n) is 10.2. The van der Waals surface area contributed by atoms with Gasteiger partial charge in [-0.3, -0.25) is 9.59 Å². The number of fused-ring (bicyclic) bond motifs is 3. The van der Waals surface area contributed by atoms with Crippen LogP contribution in [0, 0.1) is 34.5 Å². The molecule has 0 aromatic heterocycles. The molecular formula is C32H42O9. The normalized spacial score (nSPS) is 39.8. The number of esters is 3. The van der Waals surface area contributed by atoms with Crippen LogP contribution in [0.2, 0.25) is 0 Å². The summed E-state index contributed by atoms with van der Waals surface area (Å²) >= 11 is 0. The van der Waals surface area contributed by atoms with Gasteiger partial charge in [0.1, 0.15) is 12.7 Å². The van der Waals surface area contributed by atoms with Crippen molar-refractivity contribution in [2.45, 2.75) is 79.6 Å². The first-order valence-electron chi connectivity index (χ1n) is 14.2. The summed E-state index contributed by atoms with van der Waals surface area (Å²) < 4.78 is 16.7. The fraction of sp³-hybridized carbons (Fsp3) is 0.625. The minimum Gasteiger partial charge on any atom is -0.462 e. The second kappa shape index (κ2) is 10.7. The van der Waals surface area contributed by atoms with Gasteiger partial charge in [0.05, 0.1) is 12.0 Å². The molecule has 4 aliphatic rings. The molecule has 0 aromatic rings. The van der Waals surface area contributed by atoms with Crippen molar-refractivity contribution in [3.63, 3.8) is 0 Å². The van der Waals surface area contributed by atoms with Crippen LogP contribution in [-0.4, -0.2) is 64.9 Å². The third-order valence-corrected chi connectivity index (χ3v) is 10.2. The Morgan fingerprint density at radius 1 is 1.07 bits per heavy atom. The number of rotatable bonds is 7. The van der Waals surface area contributed by atoms with E-state index in [1.165, 1.54) is 6.92 Å². The summed E-state index contributed by atoms with van der Waals surface area (Å²) in [5.41, 5.74) is -2.88. The van der Waals surface area contributed by atoms with Gasteiger partial charge in [-0.05, 0) is 69.9 Å². The van der Waals surface area contributed by atoms with Crippen molar-refractivity contribution in [3.05, 3.63) is 46.6 Å². The van der Waals surface area contributed by atoms with Crippen molar-refractivity contribution in [3.8, 4) is 0 Å². The van der Waals surface area contributed by atoms with Gasteiger partial charge < -0.3 is 24.4 Å². The quantitative estimate of drug-likeness (QED) is 0.204. The van der Waals surface area contributed by atoms with Crippen LogP contribution in [0.1, 0.15) is 61.8 Å². The summed E-state index contributed by atoms with van der Waals surface area (Å²) in [6.07, 6.45) is 4.10. The van der Waals surface area contributed by atoms with Gasteiger partial charge in [-0.25, -0.2) is 9.59 Å². The smallest absolute Gasteiger partial charge is 0.334 e. The minimum atomic E-state index is -2.24. The molecule has 0 aromatic carbocycles. The molecule has 2 N–H and O–H groups in total. The molecule has 224 valence electrons. The molecule has 0 aliphatic heterocycles. The highest BCUT2D eigenvalue weighted by Crippen LogP contribution is 2.72. The molecule has 9 nitrogen and oxygen atoms in total.